The highest BCUT2D eigenvalue weighted by Gasteiger charge is 2.25. The highest BCUT2D eigenvalue weighted by Crippen LogP contribution is 2.22. The van der Waals surface area contributed by atoms with E-state index in [0.29, 0.717) is 56.5 Å². The van der Waals surface area contributed by atoms with Crippen molar-refractivity contribution in [3.8, 4) is 11.4 Å². The maximum absolute atomic E-state index is 13.0. The van der Waals surface area contributed by atoms with Crippen molar-refractivity contribution < 1.29 is 17.7 Å². The summed E-state index contributed by atoms with van der Waals surface area (Å²) >= 11 is 0. The Hall–Kier alpha value is -3.31. The average molecular weight is 513 g/mol. The van der Waals surface area contributed by atoms with Gasteiger partial charge in [-0.15, -0.1) is 0 Å². The number of carbonyl (C=O) groups excluding carboxylic acids is 1. The van der Waals surface area contributed by atoms with Crippen LogP contribution >= 0.6 is 0 Å². The second-order valence-electron chi connectivity index (χ2n) is 8.91. The van der Waals surface area contributed by atoms with E-state index in [0.717, 1.165) is 11.4 Å². The Morgan fingerprint density at radius 2 is 1.69 bits per heavy atom. The van der Waals surface area contributed by atoms with Crippen molar-refractivity contribution in [2.75, 3.05) is 44.2 Å². The van der Waals surface area contributed by atoms with Crippen LogP contribution in [-0.2, 0) is 10.0 Å². The molecule has 10 nitrogen and oxygen atoms in total. The number of nitrogens with zero attached hydrogens (tertiary/aromatic N) is 6. The van der Waals surface area contributed by atoms with Gasteiger partial charge in [-0.1, -0.05) is 32.9 Å². The van der Waals surface area contributed by atoms with Gasteiger partial charge in [-0.05, 0) is 36.4 Å². The molecule has 1 aliphatic heterocycles. The third-order valence-corrected chi connectivity index (χ3v) is 8.34. The lowest BCUT2D eigenvalue weighted by Gasteiger charge is -2.35. The zero-order chi connectivity index (χ0) is 25.9. The molecule has 36 heavy (non-hydrogen) atoms. The van der Waals surface area contributed by atoms with Gasteiger partial charge in [-0.3, -0.25) is 4.79 Å². The number of benzene rings is 1. The molecule has 0 spiro atoms. The standard InChI is InChI=1S/C25H32N6O4S/c1-5-31(6-2)36(33,34)21-10-7-19(8-11-21)25(32)30-15-13-29(14-16-30)22-12-9-20(17-26-22)23-27-24(18(3)4)35-28-23/h7-12,17-18H,5-6,13-16H2,1-4H3. The molecule has 1 amide bonds. The molecule has 0 unspecified atom stereocenters. The highest BCUT2D eigenvalue weighted by molar-refractivity contribution is 7.89. The van der Waals surface area contributed by atoms with Crippen LogP contribution in [0.5, 0.6) is 0 Å². The topological polar surface area (TPSA) is 113 Å². The van der Waals surface area contributed by atoms with Crippen LogP contribution in [0.15, 0.2) is 52.0 Å². The van der Waals surface area contributed by atoms with E-state index in [1.54, 1.807) is 37.1 Å². The van der Waals surface area contributed by atoms with Gasteiger partial charge < -0.3 is 14.3 Å². The van der Waals surface area contributed by atoms with Crippen molar-refractivity contribution in [2.45, 2.75) is 38.5 Å². The van der Waals surface area contributed by atoms with Gasteiger partial charge in [0.25, 0.3) is 5.91 Å². The summed E-state index contributed by atoms with van der Waals surface area (Å²) in [7, 11) is -3.55. The van der Waals surface area contributed by atoms with Crippen molar-refractivity contribution in [2.24, 2.45) is 0 Å². The Morgan fingerprint density at radius 1 is 1.03 bits per heavy atom. The SMILES string of the molecule is CCN(CC)S(=O)(=O)c1ccc(C(=O)N2CCN(c3ccc(-c4noc(C(C)C)n4)cn3)CC2)cc1. The van der Waals surface area contributed by atoms with Gasteiger partial charge in [-0.2, -0.15) is 9.29 Å². The van der Waals surface area contributed by atoms with E-state index in [9.17, 15) is 13.2 Å². The predicted octanol–water partition coefficient (Wildman–Crippen LogP) is 3.25. The molecule has 1 saturated heterocycles. The Kier molecular flexibility index (Phi) is 7.70. The highest BCUT2D eigenvalue weighted by atomic mass is 32.2. The summed E-state index contributed by atoms with van der Waals surface area (Å²) in [5.74, 6) is 1.99. The summed E-state index contributed by atoms with van der Waals surface area (Å²) in [6.45, 7) is 10.8. The minimum atomic E-state index is -3.55. The first-order valence-electron chi connectivity index (χ1n) is 12.2. The molecular weight excluding hydrogens is 480 g/mol. The number of hydrogen-bond acceptors (Lipinski definition) is 8. The Bertz CT molecular complexity index is 1280. The van der Waals surface area contributed by atoms with Crippen LogP contribution in [-0.4, -0.2) is 77.9 Å². The van der Waals surface area contributed by atoms with Crippen LogP contribution in [0, 0.1) is 0 Å². The molecular formula is C25H32N6O4S. The smallest absolute Gasteiger partial charge is 0.253 e. The second-order valence-corrected chi connectivity index (χ2v) is 10.8. The minimum Gasteiger partial charge on any atom is -0.353 e. The second kappa shape index (κ2) is 10.8. The summed E-state index contributed by atoms with van der Waals surface area (Å²) < 4.78 is 32.0. The van der Waals surface area contributed by atoms with E-state index in [1.165, 1.54) is 16.4 Å². The molecule has 3 aromatic rings. The first kappa shape index (κ1) is 25.8. The van der Waals surface area contributed by atoms with E-state index in [4.69, 9.17) is 4.52 Å². The zero-order valence-corrected chi connectivity index (χ0v) is 21.9. The third-order valence-electron chi connectivity index (χ3n) is 6.28. The lowest BCUT2D eigenvalue weighted by molar-refractivity contribution is 0.0746. The Morgan fingerprint density at radius 3 is 2.22 bits per heavy atom. The van der Waals surface area contributed by atoms with Gasteiger partial charge in [0.2, 0.25) is 21.7 Å². The minimum absolute atomic E-state index is 0.109. The van der Waals surface area contributed by atoms with E-state index in [1.807, 2.05) is 26.0 Å². The van der Waals surface area contributed by atoms with Crippen molar-refractivity contribution in [1.29, 1.82) is 0 Å². The Balaban J connectivity index is 1.36. The van der Waals surface area contributed by atoms with Gasteiger partial charge in [-0.25, -0.2) is 13.4 Å². The first-order valence-corrected chi connectivity index (χ1v) is 13.6. The van der Waals surface area contributed by atoms with Gasteiger partial charge in [0.1, 0.15) is 5.82 Å². The number of rotatable bonds is 8. The summed E-state index contributed by atoms with van der Waals surface area (Å²) in [5.41, 5.74) is 1.26. The number of piperazine rings is 1. The molecule has 11 heteroatoms. The molecule has 0 saturated carbocycles. The molecule has 0 atom stereocenters. The largest absolute Gasteiger partial charge is 0.353 e. The number of carbonyl (C=O) groups is 1. The summed E-state index contributed by atoms with van der Waals surface area (Å²) in [4.78, 5) is 26.1. The number of aromatic nitrogens is 3. The molecule has 0 radical (unpaired) electrons. The van der Waals surface area contributed by atoms with Crippen LogP contribution in [0.3, 0.4) is 0 Å². The van der Waals surface area contributed by atoms with Crippen molar-refractivity contribution >= 4 is 21.7 Å². The molecule has 1 aliphatic rings. The molecule has 4 rings (SSSR count). The lowest BCUT2D eigenvalue weighted by Crippen LogP contribution is -2.49. The normalized spacial score (nSPS) is 14.6. The van der Waals surface area contributed by atoms with Crippen molar-refractivity contribution in [1.82, 2.24) is 24.3 Å². The fraction of sp³-hybridized carbons (Fsp3) is 0.440. The zero-order valence-electron chi connectivity index (χ0n) is 21.1. The number of pyridine rings is 1. The maximum Gasteiger partial charge on any atom is 0.253 e. The summed E-state index contributed by atoms with van der Waals surface area (Å²) in [6.07, 6.45) is 1.73. The van der Waals surface area contributed by atoms with Crippen LogP contribution in [0.2, 0.25) is 0 Å². The predicted molar refractivity (Wildman–Crippen MR) is 136 cm³/mol. The van der Waals surface area contributed by atoms with E-state index in [2.05, 4.69) is 20.0 Å². The molecule has 0 N–H and O–H groups in total. The van der Waals surface area contributed by atoms with Crippen LogP contribution in [0.1, 0.15) is 49.9 Å². The van der Waals surface area contributed by atoms with Gasteiger partial charge in [0, 0.05) is 62.5 Å². The molecule has 0 aliphatic carbocycles. The quantitative estimate of drug-likeness (QED) is 0.452. The Labute approximate surface area is 212 Å². The third kappa shape index (κ3) is 5.26. The summed E-state index contributed by atoms with van der Waals surface area (Å²) in [5, 5.41) is 4.02. The molecule has 1 fully saturated rings. The molecule has 2 aromatic heterocycles. The van der Waals surface area contributed by atoms with Crippen molar-refractivity contribution in [3.05, 3.63) is 54.0 Å². The fourth-order valence-corrected chi connectivity index (χ4v) is 5.55. The molecule has 0 bridgehead atoms. The number of anilines is 1. The van der Waals surface area contributed by atoms with Crippen LogP contribution in [0.25, 0.3) is 11.4 Å². The van der Waals surface area contributed by atoms with E-state index >= 15 is 0 Å². The van der Waals surface area contributed by atoms with Crippen LogP contribution < -0.4 is 4.90 Å². The monoisotopic (exact) mass is 512 g/mol. The van der Waals surface area contributed by atoms with Crippen molar-refractivity contribution in [3.63, 3.8) is 0 Å². The summed E-state index contributed by atoms with van der Waals surface area (Å²) in [6, 6.07) is 10.0. The van der Waals surface area contributed by atoms with Crippen LogP contribution in [0.4, 0.5) is 5.82 Å². The van der Waals surface area contributed by atoms with Gasteiger partial charge >= 0.3 is 0 Å². The first-order chi connectivity index (χ1) is 17.2. The molecule has 192 valence electrons. The van der Waals surface area contributed by atoms with Gasteiger partial charge in [0.15, 0.2) is 0 Å². The van der Waals surface area contributed by atoms with E-state index < -0.39 is 10.0 Å². The average Bonchev–Trinajstić information content (AvgIpc) is 3.40. The lowest BCUT2D eigenvalue weighted by atomic mass is 10.2. The number of sulfonamides is 1. The van der Waals surface area contributed by atoms with Gasteiger partial charge in [0.05, 0.1) is 4.90 Å². The maximum atomic E-state index is 13.0. The van der Waals surface area contributed by atoms with E-state index in [-0.39, 0.29) is 16.7 Å². The fourth-order valence-electron chi connectivity index (χ4n) is 4.10. The molecule has 3 heterocycles. The molecule has 1 aromatic carbocycles. The number of hydrogen-bond donors (Lipinski definition) is 0. The number of amides is 1.